The van der Waals surface area contributed by atoms with Gasteiger partial charge in [0.25, 0.3) is 0 Å². The van der Waals surface area contributed by atoms with Crippen LogP contribution in [0.2, 0.25) is 0 Å². The van der Waals surface area contributed by atoms with Crippen LogP contribution in [0, 0.1) is 0 Å². The first-order chi connectivity index (χ1) is 25.1. The Hall–Kier alpha value is -6.06. The van der Waals surface area contributed by atoms with Gasteiger partial charge in [-0.05, 0) is 79.9 Å². The number of allylic oxidation sites excluding steroid dienone is 4. The zero-order valence-corrected chi connectivity index (χ0v) is 30.1. The normalized spacial score (nSPS) is 12.7. The Balaban J connectivity index is 0.00000200. The van der Waals surface area contributed by atoms with E-state index in [0.29, 0.717) is 0 Å². The Morgan fingerprint density at radius 2 is 0.961 bits per heavy atom. The van der Waals surface area contributed by atoms with Gasteiger partial charge in [-0.25, -0.2) is 0 Å². The predicted molar refractivity (Wildman–Crippen MR) is 222 cm³/mol. The second-order valence-electron chi connectivity index (χ2n) is 12.6. The third-order valence-electron chi connectivity index (χ3n) is 9.48. The van der Waals surface area contributed by atoms with Crippen LogP contribution in [0.15, 0.2) is 170 Å². The Bertz CT molecular complexity index is 2320. The zero-order chi connectivity index (χ0) is 35.3. The van der Waals surface area contributed by atoms with Gasteiger partial charge < -0.3 is 14.5 Å². The van der Waals surface area contributed by atoms with Gasteiger partial charge in [0.15, 0.2) is 0 Å². The third kappa shape index (κ3) is 6.28. The minimum absolute atomic E-state index is 0.207. The van der Waals surface area contributed by atoms with Crippen molar-refractivity contribution in [3.63, 3.8) is 0 Å². The van der Waals surface area contributed by atoms with Crippen molar-refractivity contribution in [1.29, 1.82) is 0 Å². The fraction of sp³-hybridized carbons (Fsp3) is 0.125. The molecule has 51 heavy (non-hydrogen) atoms. The SMILES string of the molecule is C/C=C\C=C/C(C)N/C(=C\C)c1ccc(-c2cc(-n3c4ccccc4c4ccccc43)cc(-n3c4ccccc4c4ccccc43)c2)cc1.CC. The molecule has 0 saturated heterocycles. The third-order valence-corrected chi connectivity index (χ3v) is 9.48. The smallest absolute Gasteiger partial charge is 0.0541 e. The molecular formula is C48H45N3. The standard InChI is InChI=1S/C46H39N3.C2H6/c1-4-6-7-16-32(3)47-42(5-2)34-27-25-33(26-28-34)35-29-36(48-43-21-12-8-17-38(43)39-18-9-13-22-44(39)48)31-37(30-35)49-45-23-14-10-19-40(45)41-20-11-15-24-46(41)49;1-2/h4-32,47H,1-3H3;1-2H3/b6-4-,16-7-,42-5-;. The maximum atomic E-state index is 3.66. The molecular weight excluding hydrogens is 619 g/mol. The van der Waals surface area contributed by atoms with E-state index in [9.17, 15) is 0 Å². The minimum atomic E-state index is 0.207. The van der Waals surface area contributed by atoms with Gasteiger partial charge >= 0.3 is 0 Å². The lowest BCUT2D eigenvalue weighted by atomic mass is 10.0. The lowest BCUT2D eigenvalue weighted by Crippen LogP contribution is -2.22. The van der Waals surface area contributed by atoms with E-state index in [2.05, 4.69) is 192 Å². The van der Waals surface area contributed by atoms with E-state index in [0.717, 1.165) is 17.1 Å². The summed E-state index contributed by atoms with van der Waals surface area (Å²) in [4.78, 5) is 0. The molecule has 0 saturated carbocycles. The first kappa shape index (κ1) is 33.4. The fourth-order valence-corrected chi connectivity index (χ4v) is 7.23. The first-order valence-corrected chi connectivity index (χ1v) is 18.1. The second-order valence-corrected chi connectivity index (χ2v) is 12.6. The van der Waals surface area contributed by atoms with Crippen LogP contribution in [-0.4, -0.2) is 15.2 Å². The summed E-state index contributed by atoms with van der Waals surface area (Å²) in [5.74, 6) is 0. The van der Waals surface area contributed by atoms with Crippen molar-refractivity contribution in [2.24, 2.45) is 0 Å². The number of aromatic nitrogens is 2. The van der Waals surface area contributed by atoms with Crippen LogP contribution in [0.5, 0.6) is 0 Å². The Morgan fingerprint density at radius 3 is 1.37 bits per heavy atom. The lowest BCUT2D eigenvalue weighted by Gasteiger charge is -2.17. The number of fused-ring (bicyclic) bond motifs is 6. The highest BCUT2D eigenvalue weighted by Gasteiger charge is 2.17. The van der Waals surface area contributed by atoms with Crippen molar-refractivity contribution in [3.8, 4) is 22.5 Å². The van der Waals surface area contributed by atoms with Crippen molar-refractivity contribution in [2.45, 2.75) is 40.7 Å². The van der Waals surface area contributed by atoms with Crippen molar-refractivity contribution in [3.05, 3.63) is 175 Å². The van der Waals surface area contributed by atoms with Gasteiger partial charge in [-0.3, -0.25) is 0 Å². The molecule has 252 valence electrons. The molecule has 0 radical (unpaired) electrons. The van der Waals surface area contributed by atoms with E-state index in [1.54, 1.807) is 0 Å². The van der Waals surface area contributed by atoms with Gasteiger partial charge in [0.05, 0.1) is 22.1 Å². The molecule has 0 spiro atoms. The van der Waals surface area contributed by atoms with E-state index in [1.807, 2.05) is 26.8 Å². The summed E-state index contributed by atoms with van der Waals surface area (Å²) < 4.78 is 4.84. The van der Waals surface area contributed by atoms with Crippen LogP contribution in [-0.2, 0) is 0 Å². The maximum absolute atomic E-state index is 3.66. The van der Waals surface area contributed by atoms with Crippen LogP contribution in [0.4, 0.5) is 0 Å². The molecule has 0 aliphatic heterocycles. The van der Waals surface area contributed by atoms with Gasteiger partial charge in [0.1, 0.15) is 0 Å². The quantitative estimate of drug-likeness (QED) is 0.161. The molecule has 3 heteroatoms. The Kier molecular flexibility index (Phi) is 9.72. The molecule has 2 heterocycles. The summed E-state index contributed by atoms with van der Waals surface area (Å²) in [6, 6.07) is 51.1. The molecule has 8 aromatic rings. The van der Waals surface area contributed by atoms with Crippen LogP contribution >= 0.6 is 0 Å². The van der Waals surface area contributed by atoms with Gasteiger partial charge in [-0.1, -0.05) is 141 Å². The zero-order valence-electron chi connectivity index (χ0n) is 30.1. The molecule has 0 aliphatic rings. The van der Waals surface area contributed by atoms with Crippen LogP contribution in [0.3, 0.4) is 0 Å². The van der Waals surface area contributed by atoms with E-state index >= 15 is 0 Å². The number of benzene rings is 6. The number of nitrogens with one attached hydrogen (secondary N) is 1. The lowest BCUT2D eigenvalue weighted by molar-refractivity contribution is 0.785. The largest absolute Gasteiger partial charge is 0.379 e. The molecule has 1 atom stereocenters. The highest BCUT2D eigenvalue weighted by atomic mass is 15.0. The van der Waals surface area contributed by atoms with Gasteiger partial charge in [0, 0.05) is 44.7 Å². The molecule has 2 aromatic heterocycles. The summed E-state index contributed by atoms with van der Waals surface area (Å²) in [6.45, 7) is 10.3. The van der Waals surface area contributed by atoms with Crippen molar-refractivity contribution in [2.75, 3.05) is 0 Å². The van der Waals surface area contributed by atoms with Crippen LogP contribution in [0.1, 0.15) is 40.2 Å². The van der Waals surface area contributed by atoms with Crippen molar-refractivity contribution in [1.82, 2.24) is 14.5 Å². The summed E-state index contributed by atoms with van der Waals surface area (Å²) in [6.07, 6.45) is 10.5. The summed E-state index contributed by atoms with van der Waals surface area (Å²) >= 11 is 0. The first-order valence-electron chi connectivity index (χ1n) is 18.1. The van der Waals surface area contributed by atoms with Gasteiger partial charge in [-0.15, -0.1) is 0 Å². The molecule has 6 aromatic carbocycles. The maximum Gasteiger partial charge on any atom is 0.0541 e. The van der Waals surface area contributed by atoms with Gasteiger partial charge in [-0.2, -0.15) is 0 Å². The summed E-state index contributed by atoms with van der Waals surface area (Å²) in [5, 5.41) is 8.69. The molecule has 8 rings (SSSR count). The topological polar surface area (TPSA) is 21.9 Å². The molecule has 3 nitrogen and oxygen atoms in total. The Labute approximate surface area is 301 Å². The average molecular weight is 664 g/mol. The van der Waals surface area contributed by atoms with E-state index < -0.39 is 0 Å². The molecule has 0 amide bonds. The number of hydrogen-bond acceptors (Lipinski definition) is 1. The monoisotopic (exact) mass is 663 g/mol. The van der Waals surface area contributed by atoms with Crippen LogP contribution in [0.25, 0.3) is 71.8 Å². The van der Waals surface area contributed by atoms with Crippen LogP contribution < -0.4 is 5.32 Å². The Morgan fingerprint density at radius 1 is 0.529 bits per heavy atom. The van der Waals surface area contributed by atoms with Gasteiger partial charge in [0.2, 0.25) is 0 Å². The molecule has 0 fully saturated rings. The summed E-state index contributed by atoms with van der Waals surface area (Å²) in [7, 11) is 0. The van der Waals surface area contributed by atoms with E-state index in [1.165, 1.54) is 60.3 Å². The average Bonchev–Trinajstić information content (AvgIpc) is 3.71. The fourth-order valence-electron chi connectivity index (χ4n) is 7.23. The van der Waals surface area contributed by atoms with Crippen molar-refractivity contribution >= 4 is 49.3 Å². The summed E-state index contributed by atoms with van der Waals surface area (Å²) in [5.41, 5.74) is 11.7. The number of rotatable bonds is 8. The van der Waals surface area contributed by atoms with Crippen molar-refractivity contribution < 1.29 is 0 Å². The molecule has 1 unspecified atom stereocenters. The second kappa shape index (κ2) is 14.8. The number of para-hydroxylation sites is 4. The highest BCUT2D eigenvalue weighted by Crippen LogP contribution is 2.37. The number of hydrogen-bond donors (Lipinski definition) is 1. The molecule has 1 N–H and O–H groups in total. The molecule has 0 aliphatic carbocycles. The minimum Gasteiger partial charge on any atom is -0.379 e. The highest BCUT2D eigenvalue weighted by molar-refractivity contribution is 6.10. The molecule has 0 bridgehead atoms. The van der Waals surface area contributed by atoms with E-state index in [4.69, 9.17) is 0 Å². The van der Waals surface area contributed by atoms with E-state index in [-0.39, 0.29) is 6.04 Å². The predicted octanol–water partition coefficient (Wildman–Crippen LogP) is 13.0. The number of nitrogens with zero attached hydrogens (tertiary/aromatic N) is 2.